The Kier molecular flexibility index (Phi) is 9.74. The van der Waals surface area contributed by atoms with Gasteiger partial charge in [0.2, 0.25) is 5.91 Å². The molecule has 0 unspecified atom stereocenters. The van der Waals surface area contributed by atoms with Gasteiger partial charge >= 0.3 is 0 Å². The van der Waals surface area contributed by atoms with Crippen LogP contribution in [-0.2, 0) is 11.2 Å². The van der Waals surface area contributed by atoms with Crippen molar-refractivity contribution in [2.24, 2.45) is 11.8 Å². The number of hydrogen-bond donors (Lipinski definition) is 2. The number of nitrogens with one attached hydrogen (secondary N) is 1. The van der Waals surface area contributed by atoms with E-state index in [-0.39, 0.29) is 42.9 Å². The molecule has 1 aromatic carbocycles. The molecule has 0 radical (unpaired) electrons. The maximum Gasteiger partial charge on any atom is 0.255 e. The molecule has 38 heavy (non-hydrogen) atoms. The summed E-state index contributed by atoms with van der Waals surface area (Å²) in [6.07, 6.45) is 9.73. The molecule has 2 amide bonds. The van der Waals surface area contributed by atoms with Gasteiger partial charge in [-0.3, -0.25) is 14.6 Å². The minimum Gasteiger partial charge on any atom is -0.488 e. The Balaban J connectivity index is 1.57. The van der Waals surface area contributed by atoms with Crippen molar-refractivity contribution >= 4 is 17.5 Å². The molecule has 2 heterocycles. The molecule has 1 aliphatic heterocycles. The van der Waals surface area contributed by atoms with Crippen LogP contribution in [0.5, 0.6) is 5.75 Å². The van der Waals surface area contributed by atoms with Crippen LogP contribution in [0.4, 0.5) is 5.69 Å². The van der Waals surface area contributed by atoms with Crippen LogP contribution in [0, 0.1) is 11.8 Å². The first-order chi connectivity index (χ1) is 18.3. The molecule has 1 saturated carbocycles. The minimum absolute atomic E-state index is 0.0583. The van der Waals surface area contributed by atoms with Crippen molar-refractivity contribution in [2.45, 2.75) is 64.5 Å². The van der Waals surface area contributed by atoms with E-state index in [4.69, 9.17) is 4.74 Å². The molecule has 3 atom stereocenters. The number of aromatic nitrogens is 1. The van der Waals surface area contributed by atoms with Gasteiger partial charge in [-0.15, -0.1) is 0 Å². The summed E-state index contributed by atoms with van der Waals surface area (Å²) in [5, 5.41) is 12.8. The number of benzene rings is 1. The summed E-state index contributed by atoms with van der Waals surface area (Å²) in [4.78, 5) is 34.3. The first-order valence-corrected chi connectivity index (χ1v) is 13.9. The van der Waals surface area contributed by atoms with Gasteiger partial charge < -0.3 is 25.0 Å². The number of hydrogen-bond acceptors (Lipinski definition) is 6. The Labute approximate surface area is 226 Å². The van der Waals surface area contributed by atoms with Crippen molar-refractivity contribution < 1.29 is 19.4 Å². The number of aliphatic hydroxyl groups is 1. The van der Waals surface area contributed by atoms with E-state index in [0.29, 0.717) is 23.5 Å². The van der Waals surface area contributed by atoms with Crippen LogP contribution in [0.2, 0.25) is 0 Å². The summed E-state index contributed by atoms with van der Waals surface area (Å²) in [6.45, 7) is 6.22. The Morgan fingerprint density at radius 2 is 1.92 bits per heavy atom. The van der Waals surface area contributed by atoms with Crippen LogP contribution >= 0.6 is 0 Å². The number of amides is 2. The van der Waals surface area contributed by atoms with Crippen molar-refractivity contribution in [1.29, 1.82) is 0 Å². The van der Waals surface area contributed by atoms with Crippen molar-refractivity contribution in [3.8, 4) is 5.75 Å². The van der Waals surface area contributed by atoms with Crippen LogP contribution in [0.25, 0.3) is 0 Å². The van der Waals surface area contributed by atoms with E-state index >= 15 is 0 Å². The molecule has 1 aromatic heterocycles. The first-order valence-electron chi connectivity index (χ1n) is 13.9. The van der Waals surface area contributed by atoms with Crippen LogP contribution in [-0.4, -0.2) is 77.1 Å². The molecular weight excluding hydrogens is 480 g/mol. The third-order valence-electron chi connectivity index (χ3n) is 7.90. The van der Waals surface area contributed by atoms with Gasteiger partial charge in [-0.1, -0.05) is 26.2 Å². The van der Waals surface area contributed by atoms with Gasteiger partial charge in [0.1, 0.15) is 11.9 Å². The average molecular weight is 523 g/mol. The number of carbonyl (C=O) groups excluding carboxylic acids is 2. The van der Waals surface area contributed by atoms with Crippen molar-refractivity contribution in [2.75, 3.05) is 38.6 Å². The number of nitrogens with zero attached hydrogens (tertiary/aromatic N) is 3. The van der Waals surface area contributed by atoms with Gasteiger partial charge in [-0.2, -0.15) is 0 Å². The van der Waals surface area contributed by atoms with Gasteiger partial charge in [0.15, 0.2) is 0 Å². The molecule has 0 spiro atoms. The predicted molar refractivity (Wildman–Crippen MR) is 148 cm³/mol. The highest BCUT2D eigenvalue weighted by Crippen LogP contribution is 2.30. The van der Waals surface area contributed by atoms with Crippen LogP contribution in [0.1, 0.15) is 61.9 Å². The minimum atomic E-state index is -0.290. The zero-order valence-electron chi connectivity index (χ0n) is 22.9. The maximum atomic E-state index is 13.4. The van der Waals surface area contributed by atoms with E-state index in [1.54, 1.807) is 29.4 Å². The first kappa shape index (κ1) is 28.0. The lowest BCUT2D eigenvalue weighted by molar-refractivity contribution is -0.134. The Bertz CT molecular complexity index is 1070. The SMILES string of the molecule is C[C@H](CO)N1C[C@H](C)[C@@H](CN(C)CC2CCCCC2)Oc2ccc(NC(=O)c3ccncc3)cc2CC1=O. The van der Waals surface area contributed by atoms with E-state index < -0.39 is 0 Å². The Morgan fingerprint density at radius 1 is 1.18 bits per heavy atom. The highest BCUT2D eigenvalue weighted by Gasteiger charge is 2.31. The van der Waals surface area contributed by atoms with Crippen molar-refractivity contribution in [1.82, 2.24) is 14.8 Å². The highest BCUT2D eigenvalue weighted by atomic mass is 16.5. The predicted octanol–water partition coefficient (Wildman–Crippen LogP) is 4.00. The molecule has 2 aromatic rings. The maximum absolute atomic E-state index is 13.4. The smallest absolute Gasteiger partial charge is 0.255 e. The Hall–Kier alpha value is -2.97. The summed E-state index contributed by atoms with van der Waals surface area (Å²) in [6, 6.07) is 8.53. The fourth-order valence-corrected chi connectivity index (χ4v) is 5.62. The van der Waals surface area contributed by atoms with E-state index in [1.807, 2.05) is 25.1 Å². The third kappa shape index (κ3) is 7.32. The number of anilines is 1. The molecule has 0 saturated heterocycles. The van der Waals surface area contributed by atoms with E-state index in [9.17, 15) is 14.7 Å². The highest BCUT2D eigenvalue weighted by molar-refractivity contribution is 6.04. The van der Waals surface area contributed by atoms with E-state index in [0.717, 1.165) is 24.6 Å². The molecular formula is C30H42N4O4. The number of carbonyl (C=O) groups is 2. The second-order valence-electron chi connectivity index (χ2n) is 11.1. The largest absolute Gasteiger partial charge is 0.488 e. The fourth-order valence-electron chi connectivity index (χ4n) is 5.62. The summed E-state index contributed by atoms with van der Waals surface area (Å²) < 4.78 is 6.64. The van der Waals surface area contributed by atoms with Gasteiger partial charge in [-0.05, 0) is 63.1 Å². The monoisotopic (exact) mass is 522 g/mol. The number of pyridine rings is 1. The molecule has 206 valence electrons. The summed E-state index contributed by atoms with van der Waals surface area (Å²) in [5.74, 6) is 1.17. The van der Waals surface area contributed by atoms with Gasteiger partial charge in [-0.25, -0.2) is 0 Å². The normalized spacial score (nSPS) is 21.6. The Morgan fingerprint density at radius 3 is 2.63 bits per heavy atom. The molecule has 1 fully saturated rings. The molecule has 2 N–H and O–H groups in total. The van der Waals surface area contributed by atoms with Gasteiger partial charge in [0.25, 0.3) is 5.91 Å². The summed E-state index contributed by atoms with van der Waals surface area (Å²) in [7, 11) is 2.16. The zero-order valence-corrected chi connectivity index (χ0v) is 22.9. The lowest BCUT2D eigenvalue weighted by atomic mass is 9.89. The lowest BCUT2D eigenvalue weighted by Crippen LogP contribution is -2.48. The summed E-state index contributed by atoms with van der Waals surface area (Å²) >= 11 is 0. The molecule has 8 heteroatoms. The van der Waals surface area contributed by atoms with Crippen LogP contribution in [0.3, 0.4) is 0 Å². The second-order valence-corrected chi connectivity index (χ2v) is 11.1. The van der Waals surface area contributed by atoms with Crippen LogP contribution in [0.15, 0.2) is 42.7 Å². The summed E-state index contributed by atoms with van der Waals surface area (Å²) in [5.41, 5.74) is 1.84. The number of aliphatic hydroxyl groups excluding tert-OH is 1. The quantitative estimate of drug-likeness (QED) is 0.544. The second kappa shape index (κ2) is 13.2. The van der Waals surface area contributed by atoms with Crippen molar-refractivity contribution in [3.63, 3.8) is 0 Å². The molecule has 1 aliphatic carbocycles. The van der Waals surface area contributed by atoms with E-state index in [1.165, 1.54) is 32.1 Å². The number of likely N-dealkylation sites (N-methyl/N-ethyl adjacent to an activating group) is 1. The number of ether oxygens (including phenoxy) is 1. The van der Waals surface area contributed by atoms with Gasteiger partial charge in [0, 0.05) is 54.8 Å². The fraction of sp³-hybridized carbons (Fsp3) is 0.567. The topological polar surface area (TPSA) is 95.0 Å². The average Bonchev–Trinajstić information content (AvgIpc) is 2.97. The van der Waals surface area contributed by atoms with Crippen molar-refractivity contribution in [3.05, 3.63) is 53.9 Å². The molecule has 8 nitrogen and oxygen atoms in total. The third-order valence-corrected chi connectivity index (χ3v) is 7.90. The number of rotatable bonds is 8. The standard InChI is InChI=1S/C30H42N4O4/c1-21-17-34(22(2)20-35)29(36)16-25-15-26(32-30(37)24-11-13-31-14-12-24)9-10-27(25)38-28(21)19-33(3)18-23-7-5-4-6-8-23/h9-15,21-23,28,35H,4-8,16-20H2,1-3H3,(H,32,37)/t21-,22+,28+/m0/s1. The molecule has 0 bridgehead atoms. The molecule has 4 rings (SSSR count). The van der Waals surface area contributed by atoms with Crippen LogP contribution < -0.4 is 10.1 Å². The van der Waals surface area contributed by atoms with E-state index in [2.05, 4.69) is 29.2 Å². The lowest BCUT2D eigenvalue weighted by Gasteiger charge is -2.35. The molecule has 2 aliphatic rings. The number of fused-ring (bicyclic) bond motifs is 1. The zero-order chi connectivity index (χ0) is 27.1. The van der Waals surface area contributed by atoms with Gasteiger partial charge in [0.05, 0.1) is 19.1 Å².